The van der Waals surface area contributed by atoms with Gasteiger partial charge in [-0.1, -0.05) is 0 Å². The summed E-state index contributed by atoms with van der Waals surface area (Å²) in [4.78, 5) is 17.9. The van der Waals surface area contributed by atoms with Crippen LogP contribution in [-0.4, -0.2) is 34.3 Å². The van der Waals surface area contributed by atoms with Crippen molar-refractivity contribution >= 4 is 5.78 Å². The van der Waals surface area contributed by atoms with E-state index in [0.29, 0.717) is 11.7 Å². The van der Waals surface area contributed by atoms with Gasteiger partial charge in [0.15, 0.2) is 0 Å². The summed E-state index contributed by atoms with van der Waals surface area (Å²) in [6.07, 6.45) is 6.04. The maximum absolute atomic E-state index is 12.0. The molecule has 0 N–H and O–H groups in total. The molecule has 2 heterocycles. The van der Waals surface area contributed by atoms with Gasteiger partial charge in [-0.3, -0.25) is 4.79 Å². The number of nitrogens with zero attached hydrogens (tertiary/aromatic N) is 3. The number of allylic oxidation sites excluding steroid dienone is 1. The molecule has 80 valence electrons. The average molecular weight is 205 g/mol. The molecule has 0 saturated heterocycles. The fourth-order valence-corrected chi connectivity index (χ4v) is 1.93. The first-order valence-corrected chi connectivity index (χ1v) is 5.03. The Labute approximate surface area is 89.2 Å². The molecule has 1 aliphatic rings. The number of hydrogen-bond acceptors (Lipinski definition) is 3. The number of imidazole rings is 1. The van der Waals surface area contributed by atoms with Gasteiger partial charge in [0, 0.05) is 31.9 Å². The van der Waals surface area contributed by atoms with E-state index in [1.54, 1.807) is 12.5 Å². The molecule has 1 atom stereocenters. The summed E-state index contributed by atoms with van der Waals surface area (Å²) in [5.74, 6) is 0.0966. The average Bonchev–Trinajstić information content (AvgIpc) is 2.61. The van der Waals surface area contributed by atoms with E-state index in [1.807, 2.05) is 29.8 Å². The quantitative estimate of drug-likeness (QED) is 0.652. The summed E-state index contributed by atoms with van der Waals surface area (Å²) in [6.45, 7) is 2.10. The Hall–Kier alpha value is -1.58. The molecule has 1 unspecified atom stereocenters. The first-order valence-electron chi connectivity index (χ1n) is 5.03. The van der Waals surface area contributed by atoms with Crippen LogP contribution in [0, 0.1) is 0 Å². The molecule has 4 nitrogen and oxygen atoms in total. The van der Waals surface area contributed by atoms with Crippen LogP contribution in [0.2, 0.25) is 0 Å². The second-order valence-corrected chi connectivity index (χ2v) is 4.19. The molecule has 0 fully saturated rings. The number of hydrogen-bond donors (Lipinski definition) is 0. The van der Waals surface area contributed by atoms with Gasteiger partial charge in [-0.15, -0.1) is 0 Å². The summed E-state index contributed by atoms with van der Waals surface area (Å²) in [5.41, 5.74) is 1.56. The summed E-state index contributed by atoms with van der Waals surface area (Å²) in [7, 11) is 3.85. The molecule has 0 spiro atoms. The van der Waals surface area contributed by atoms with Crippen LogP contribution in [-0.2, 0) is 0 Å². The molecule has 0 aromatic carbocycles. The maximum atomic E-state index is 12.0. The fraction of sp³-hybridized carbons (Fsp3) is 0.455. The van der Waals surface area contributed by atoms with Gasteiger partial charge < -0.3 is 9.47 Å². The van der Waals surface area contributed by atoms with Crippen LogP contribution >= 0.6 is 0 Å². The van der Waals surface area contributed by atoms with E-state index < -0.39 is 0 Å². The van der Waals surface area contributed by atoms with Crippen molar-refractivity contribution in [2.45, 2.75) is 19.4 Å². The Kier molecular flexibility index (Phi) is 2.34. The SMILES string of the molecule is CC1CC(=CN(C)C)C(=O)c2cncn21. The van der Waals surface area contributed by atoms with Crippen molar-refractivity contribution in [2.24, 2.45) is 0 Å². The molecular weight excluding hydrogens is 190 g/mol. The van der Waals surface area contributed by atoms with E-state index in [1.165, 1.54) is 0 Å². The molecule has 0 radical (unpaired) electrons. The topological polar surface area (TPSA) is 38.1 Å². The minimum Gasteiger partial charge on any atom is -0.383 e. The summed E-state index contributed by atoms with van der Waals surface area (Å²) < 4.78 is 1.94. The monoisotopic (exact) mass is 205 g/mol. The summed E-state index contributed by atoms with van der Waals surface area (Å²) >= 11 is 0. The second kappa shape index (κ2) is 3.53. The van der Waals surface area contributed by atoms with Crippen molar-refractivity contribution in [3.05, 3.63) is 30.0 Å². The van der Waals surface area contributed by atoms with Crippen LogP contribution in [0.15, 0.2) is 24.3 Å². The van der Waals surface area contributed by atoms with Crippen LogP contribution in [0.25, 0.3) is 0 Å². The minimum atomic E-state index is 0.0966. The Morgan fingerprint density at radius 3 is 3.00 bits per heavy atom. The summed E-state index contributed by atoms with van der Waals surface area (Å²) in [5, 5.41) is 0. The van der Waals surface area contributed by atoms with Crippen molar-refractivity contribution in [2.75, 3.05) is 14.1 Å². The van der Waals surface area contributed by atoms with Crippen molar-refractivity contribution in [1.29, 1.82) is 0 Å². The van der Waals surface area contributed by atoms with Gasteiger partial charge in [0.1, 0.15) is 5.69 Å². The van der Waals surface area contributed by atoms with Gasteiger partial charge in [-0.2, -0.15) is 0 Å². The lowest BCUT2D eigenvalue weighted by Crippen LogP contribution is -2.23. The number of fused-ring (bicyclic) bond motifs is 1. The van der Waals surface area contributed by atoms with E-state index in [9.17, 15) is 4.79 Å². The van der Waals surface area contributed by atoms with E-state index in [4.69, 9.17) is 0 Å². The molecule has 0 amide bonds. The Morgan fingerprint density at radius 2 is 2.33 bits per heavy atom. The minimum absolute atomic E-state index is 0.0966. The van der Waals surface area contributed by atoms with E-state index in [2.05, 4.69) is 11.9 Å². The molecule has 0 bridgehead atoms. The van der Waals surface area contributed by atoms with Gasteiger partial charge >= 0.3 is 0 Å². The van der Waals surface area contributed by atoms with Crippen LogP contribution in [0.1, 0.15) is 29.9 Å². The zero-order valence-corrected chi connectivity index (χ0v) is 9.27. The largest absolute Gasteiger partial charge is 0.383 e. The fourth-order valence-electron chi connectivity index (χ4n) is 1.93. The second-order valence-electron chi connectivity index (χ2n) is 4.19. The first kappa shape index (κ1) is 9.96. The van der Waals surface area contributed by atoms with E-state index in [0.717, 1.165) is 12.0 Å². The standard InChI is InChI=1S/C11H15N3O/c1-8-4-9(6-13(2)3)11(15)10-5-12-7-14(8)10/h5-8H,4H2,1-3H3. The predicted molar refractivity (Wildman–Crippen MR) is 57.7 cm³/mol. The van der Waals surface area contributed by atoms with Gasteiger partial charge in [-0.05, 0) is 13.3 Å². The van der Waals surface area contributed by atoms with Crippen molar-refractivity contribution in [3.63, 3.8) is 0 Å². The van der Waals surface area contributed by atoms with Crippen LogP contribution in [0.3, 0.4) is 0 Å². The van der Waals surface area contributed by atoms with Gasteiger partial charge in [0.05, 0.1) is 12.5 Å². The molecule has 0 aliphatic carbocycles. The lowest BCUT2D eigenvalue weighted by Gasteiger charge is -2.24. The molecule has 1 aliphatic heterocycles. The number of ketones is 1. The smallest absolute Gasteiger partial charge is 0.208 e. The highest BCUT2D eigenvalue weighted by atomic mass is 16.1. The van der Waals surface area contributed by atoms with Crippen molar-refractivity contribution in [1.82, 2.24) is 14.5 Å². The highest BCUT2D eigenvalue weighted by Gasteiger charge is 2.26. The Balaban J connectivity index is 2.41. The molecule has 0 saturated carbocycles. The van der Waals surface area contributed by atoms with Crippen LogP contribution in [0.5, 0.6) is 0 Å². The molecule has 1 aromatic heterocycles. The third kappa shape index (κ3) is 1.67. The zero-order valence-electron chi connectivity index (χ0n) is 9.27. The molecule has 4 heteroatoms. The summed E-state index contributed by atoms with van der Waals surface area (Å²) in [6, 6.07) is 0.311. The number of rotatable bonds is 1. The Bertz CT molecular complexity index is 417. The lowest BCUT2D eigenvalue weighted by atomic mass is 9.97. The lowest BCUT2D eigenvalue weighted by molar-refractivity contribution is 0.0999. The number of Topliss-reactive ketones (excluding diaryl/α,β-unsaturated/α-hetero) is 1. The van der Waals surface area contributed by atoms with Crippen molar-refractivity contribution < 1.29 is 4.79 Å². The highest BCUT2D eigenvalue weighted by Crippen LogP contribution is 2.27. The van der Waals surface area contributed by atoms with Gasteiger partial charge in [0.25, 0.3) is 0 Å². The van der Waals surface area contributed by atoms with Crippen LogP contribution in [0.4, 0.5) is 0 Å². The normalized spacial score (nSPS) is 23.0. The zero-order chi connectivity index (χ0) is 11.0. The van der Waals surface area contributed by atoms with E-state index >= 15 is 0 Å². The maximum Gasteiger partial charge on any atom is 0.208 e. The number of carbonyl (C=O) groups is 1. The molecule has 2 rings (SSSR count). The third-order valence-electron chi connectivity index (χ3n) is 2.59. The van der Waals surface area contributed by atoms with E-state index in [-0.39, 0.29) is 5.78 Å². The Morgan fingerprint density at radius 1 is 1.60 bits per heavy atom. The van der Waals surface area contributed by atoms with Crippen LogP contribution < -0.4 is 0 Å². The van der Waals surface area contributed by atoms with Gasteiger partial charge in [0.2, 0.25) is 5.78 Å². The first-order chi connectivity index (χ1) is 7.09. The number of carbonyl (C=O) groups excluding carboxylic acids is 1. The molecule has 15 heavy (non-hydrogen) atoms. The third-order valence-corrected chi connectivity index (χ3v) is 2.59. The number of aromatic nitrogens is 2. The predicted octanol–water partition coefficient (Wildman–Crippen LogP) is 1.48. The van der Waals surface area contributed by atoms with Crippen molar-refractivity contribution in [3.8, 4) is 0 Å². The molecular formula is C11H15N3O. The van der Waals surface area contributed by atoms with Gasteiger partial charge in [-0.25, -0.2) is 4.98 Å². The highest BCUT2D eigenvalue weighted by molar-refractivity contribution is 6.08. The molecule has 1 aromatic rings.